The normalized spacial score (nSPS) is 19.3. The topological polar surface area (TPSA) is 6.48 Å². The Morgan fingerprint density at radius 2 is 1.27 bits per heavy atom. The van der Waals surface area contributed by atoms with Crippen molar-refractivity contribution in [3.8, 4) is 0 Å². The fraction of sp³-hybridized carbons (Fsp3) is 0.355. The minimum Gasteiger partial charge on any atom is -0.336 e. The molecule has 33 heavy (non-hydrogen) atoms. The van der Waals surface area contributed by atoms with Gasteiger partial charge in [0.2, 0.25) is 0 Å². The molecule has 2 aromatic rings. The Labute approximate surface area is 198 Å². The summed E-state index contributed by atoms with van der Waals surface area (Å²) in [6.45, 7) is 11.4. The van der Waals surface area contributed by atoms with Gasteiger partial charge in [-0.25, -0.2) is 0 Å². The monoisotopic (exact) mass is 434 g/mol. The maximum atomic E-state index is 2.54. The summed E-state index contributed by atoms with van der Waals surface area (Å²) < 4.78 is 0. The molecule has 0 fully saturated rings. The van der Waals surface area contributed by atoms with Crippen LogP contribution in [0, 0.1) is 11.8 Å². The molecule has 7 rings (SSSR count). The lowest BCUT2D eigenvalue weighted by molar-refractivity contribution is 0.476. The zero-order valence-electron chi connectivity index (χ0n) is 20.4. The molecular weight excluding hydrogens is 400 g/mol. The maximum Gasteiger partial charge on any atom is 0.0659 e. The van der Waals surface area contributed by atoms with Crippen LogP contribution in [-0.4, -0.2) is 13.1 Å². The third kappa shape index (κ3) is 3.30. The van der Waals surface area contributed by atoms with Crippen LogP contribution in [-0.2, 0) is 0 Å². The Morgan fingerprint density at radius 3 is 1.82 bits per heavy atom. The van der Waals surface area contributed by atoms with Crippen molar-refractivity contribution in [2.45, 2.75) is 47.0 Å². The van der Waals surface area contributed by atoms with Crippen LogP contribution in [0.1, 0.15) is 58.1 Å². The highest BCUT2D eigenvalue weighted by Gasteiger charge is 2.34. The van der Waals surface area contributed by atoms with Crippen LogP contribution < -0.4 is 9.80 Å². The highest BCUT2D eigenvalue weighted by atomic mass is 15.3. The van der Waals surface area contributed by atoms with E-state index in [1.807, 2.05) is 0 Å². The molecule has 2 bridgehead atoms. The van der Waals surface area contributed by atoms with Gasteiger partial charge in [0.15, 0.2) is 0 Å². The van der Waals surface area contributed by atoms with Gasteiger partial charge in [-0.1, -0.05) is 75.3 Å². The Bertz CT molecular complexity index is 1250. The molecule has 0 aromatic heterocycles. The molecule has 2 nitrogen and oxygen atoms in total. The molecule has 0 amide bonds. The maximum absolute atomic E-state index is 2.54. The van der Waals surface area contributed by atoms with Gasteiger partial charge in [0.1, 0.15) is 0 Å². The van der Waals surface area contributed by atoms with Crippen LogP contribution in [0.5, 0.6) is 0 Å². The first kappa shape index (κ1) is 20.6. The van der Waals surface area contributed by atoms with Gasteiger partial charge in [-0.3, -0.25) is 0 Å². The van der Waals surface area contributed by atoms with Gasteiger partial charge in [-0.2, -0.15) is 0 Å². The fourth-order valence-corrected chi connectivity index (χ4v) is 5.78. The van der Waals surface area contributed by atoms with E-state index in [0.29, 0.717) is 11.8 Å². The fourth-order valence-electron chi connectivity index (χ4n) is 5.78. The van der Waals surface area contributed by atoms with Crippen molar-refractivity contribution in [3.63, 3.8) is 0 Å². The standard InChI is InChI=1S/C31H34N2/c1-5-22-6-7-24(16-22)26-10-12-28-30(18-26)32-14-15-33(28)31-19-27(11-13-29(31)32)25-9-8-23(17-25)21(4)20(2)3/h6-13,18-21H,5,14-17H2,1-4H3. The molecule has 3 heterocycles. The minimum absolute atomic E-state index is 0.641. The minimum atomic E-state index is 0.641. The first-order valence-corrected chi connectivity index (χ1v) is 12.7. The van der Waals surface area contributed by atoms with E-state index in [1.165, 1.54) is 50.6 Å². The first-order valence-electron chi connectivity index (χ1n) is 12.7. The molecule has 2 aliphatic carbocycles. The summed E-state index contributed by atoms with van der Waals surface area (Å²) >= 11 is 0. The molecule has 2 aromatic carbocycles. The van der Waals surface area contributed by atoms with E-state index in [1.54, 1.807) is 5.57 Å². The summed E-state index contributed by atoms with van der Waals surface area (Å²) in [6, 6.07) is 14.2. The molecule has 0 saturated carbocycles. The highest BCUT2D eigenvalue weighted by Crippen LogP contribution is 2.52. The second kappa shape index (κ2) is 7.80. The second-order valence-corrected chi connectivity index (χ2v) is 10.4. The third-order valence-electron chi connectivity index (χ3n) is 8.27. The average Bonchev–Trinajstić information content (AvgIpc) is 3.53. The Kier molecular flexibility index (Phi) is 4.87. The van der Waals surface area contributed by atoms with Crippen LogP contribution in [0.25, 0.3) is 11.1 Å². The Hall–Kier alpha value is -3.00. The number of hydrogen-bond acceptors (Lipinski definition) is 2. The lowest BCUT2D eigenvalue weighted by Crippen LogP contribution is -2.41. The van der Waals surface area contributed by atoms with Crippen molar-refractivity contribution in [3.05, 3.63) is 83.0 Å². The molecule has 2 heteroatoms. The Morgan fingerprint density at radius 1 is 0.697 bits per heavy atom. The van der Waals surface area contributed by atoms with Crippen LogP contribution in [0.2, 0.25) is 0 Å². The lowest BCUT2D eigenvalue weighted by atomic mass is 9.87. The van der Waals surface area contributed by atoms with Crippen LogP contribution >= 0.6 is 0 Å². The van der Waals surface area contributed by atoms with E-state index < -0.39 is 0 Å². The van der Waals surface area contributed by atoms with Gasteiger partial charge >= 0.3 is 0 Å². The predicted molar refractivity (Wildman–Crippen MR) is 143 cm³/mol. The molecule has 168 valence electrons. The molecule has 1 atom stereocenters. The summed E-state index contributed by atoms with van der Waals surface area (Å²) in [5, 5.41) is 0. The summed E-state index contributed by atoms with van der Waals surface area (Å²) in [5.41, 5.74) is 14.2. The quantitative estimate of drug-likeness (QED) is 0.466. The predicted octanol–water partition coefficient (Wildman–Crippen LogP) is 8.42. The summed E-state index contributed by atoms with van der Waals surface area (Å²) in [6.07, 6.45) is 12.7. The van der Waals surface area contributed by atoms with Crippen LogP contribution in [0.3, 0.4) is 0 Å². The molecule has 0 saturated heterocycles. The van der Waals surface area contributed by atoms with Crippen molar-refractivity contribution in [1.82, 2.24) is 0 Å². The van der Waals surface area contributed by atoms with Gasteiger partial charge in [0, 0.05) is 13.1 Å². The van der Waals surface area contributed by atoms with Crippen molar-refractivity contribution < 1.29 is 0 Å². The molecular formula is C31H34N2. The smallest absolute Gasteiger partial charge is 0.0659 e. The van der Waals surface area contributed by atoms with Gasteiger partial charge in [-0.05, 0) is 77.6 Å². The van der Waals surface area contributed by atoms with Crippen LogP contribution in [0.15, 0.2) is 71.8 Å². The molecule has 5 aliphatic rings. The zero-order chi connectivity index (χ0) is 22.7. The van der Waals surface area contributed by atoms with E-state index in [4.69, 9.17) is 0 Å². The molecule has 3 aliphatic heterocycles. The molecule has 1 unspecified atom stereocenters. The third-order valence-corrected chi connectivity index (χ3v) is 8.27. The van der Waals surface area contributed by atoms with E-state index in [2.05, 4.69) is 98.2 Å². The number of hydrogen-bond donors (Lipinski definition) is 0. The number of rotatable bonds is 5. The molecule has 0 N–H and O–H groups in total. The highest BCUT2D eigenvalue weighted by molar-refractivity contribution is 5.97. The van der Waals surface area contributed by atoms with Crippen molar-refractivity contribution in [2.75, 3.05) is 22.9 Å². The second-order valence-electron chi connectivity index (χ2n) is 10.4. The SMILES string of the molecule is CCC1=CC=C(c2ccc3c(c2)N2CCN3c3cc(C4=CC=C(C(C)C(C)C)C4)ccc32)C1. The molecule has 0 radical (unpaired) electrons. The zero-order valence-corrected chi connectivity index (χ0v) is 20.4. The van der Waals surface area contributed by atoms with Gasteiger partial charge in [0.25, 0.3) is 0 Å². The van der Waals surface area contributed by atoms with Gasteiger partial charge in [-0.15, -0.1) is 0 Å². The van der Waals surface area contributed by atoms with E-state index in [9.17, 15) is 0 Å². The number of fused-ring (bicyclic) bond motifs is 1. The van der Waals surface area contributed by atoms with Crippen molar-refractivity contribution in [2.24, 2.45) is 11.8 Å². The molecule has 0 spiro atoms. The number of anilines is 4. The van der Waals surface area contributed by atoms with Gasteiger partial charge in [0.05, 0.1) is 22.7 Å². The number of nitrogens with zero attached hydrogens (tertiary/aromatic N) is 2. The van der Waals surface area contributed by atoms with Crippen molar-refractivity contribution >= 4 is 33.9 Å². The first-order chi connectivity index (χ1) is 16.0. The number of allylic oxidation sites excluding steroid dienone is 8. The Balaban J connectivity index is 1.29. The van der Waals surface area contributed by atoms with Crippen molar-refractivity contribution in [1.29, 1.82) is 0 Å². The largest absolute Gasteiger partial charge is 0.336 e. The van der Waals surface area contributed by atoms with E-state index in [-0.39, 0.29) is 0 Å². The van der Waals surface area contributed by atoms with E-state index in [0.717, 1.165) is 32.4 Å². The summed E-state index contributed by atoms with van der Waals surface area (Å²) in [4.78, 5) is 5.08. The van der Waals surface area contributed by atoms with Gasteiger partial charge < -0.3 is 9.80 Å². The summed E-state index contributed by atoms with van der Waals surface area (Å²) in [5.74, 6) is 1.33. The number of benzene rings is 2. The summed E-state index contributed by atoms with van der Waals surface area (Å²) in [7, 11) is 0. The van der Waals surface area contributed by atoms with E-state index >= 15 is 0 Å². The average molecular weight is 435 g/mol. The van der Waals surface area contributed by atoms with Crippen LogP contribution in [0.4, 0.5) is 22.7 Å². The lowest BCUT2D eigenvalue weighted by Gasteiger charge is -2.46.